The molecular formula is C18H20ClFN4O2. The van der Waals surface area contributed by atoms with Crippen LogP contribution in [0.15, 0.2) is 10.9 Å². The van der Waals surface area contributed by atoms with Crippen molar-refractivity contribution in [1.82, 2.24) is 9.47 Å². The molecule has 2 aliphatic rings. The first-order valence-corrected chi connectivity index (χ1v) is 8.89. The van der Waals surface area contributed by atoms with E-state index in [0.29, 0.717) is 35.2 Å². The molecule has 1 N–H and O–H groups in total. The van der Waals surface area contributed by atoms with Gasteiger partial charge in [-0.1, -0.05) is 11.6 Å². The summed E-state index contributed by atoms with van der Waals surface area (Å²) in [5.74, 6) is -0.648. The zero-order valence-electron chi connectivity index (χ0n) is 15.1. The van der Waals surface area contributed by atoms with Gasteiger partial charge in [0.1, 0.15) is 17.5 Å². The molecule has 1 fully saturated rings. The molecule has 0 spiro atoms. The summed E-state index contributed by atoms with van der Waals surface area (Å²) < 4.78 is 15.8. The van der Waals surface area contributed by atoms with Crippen LogP contribution in [-0.4, -0.2) is 47.6 Å². The SMILES string of the molecule is Cc1c(F)cc2c3c(c(=O)n(C)c2c1Cl)NC(=O)C1CN(C)C(C)CN31. The molecule has 0 radical (unpaired) electrons. The second-order valence-electron chi connectivity index (χ2n) is 7.23. The number of carbonyl (C=O) groups is 1. The molecule has 2 atom stereocenters. The van der Waals surface area contributed by atoms with Crippen LogP contribution in [0, 0.1) is 12.7 Å². The second-order valence-corrected chi connectivity index (χ2v) is 7.61. The Labute approximate surface area is 155 Å². The Morgan fingerprint density at radius 3 is 2.65 bits per heavy atom. The Kier molecular flexibility index (Phi) is 3.79. The van der Waals surface area contributed by atoms with Gasteiger partial charge >= 0.3 is 0 Å². The van der Waals surface area contributed by atoms with Crippen molar-refractivity contribution in [2.24, 2.45) is 7.05 Å². The van der Waals surface area contributed by atoms with Crippen molar-refractivity contribution < 1.29 is 9.18 Å². The van der Waals surface area contributed by atoms with Crippen molar-refractivity contribution in [1.29, 1.82) is 0 Å². The number of anilines is 2. The van der Waals surface area contributed by atoms with Gasteiger partial charge in [0.15, 0.2) is 0 Å². The van der Waals surface area contributed by atoms with Crippen molar-refractivity contribution in [2.75, 3.05) is 30.4 Å². The van der Waals surface area contributed by atoms with Gasteiger partial charge in [0.25, 0.3) is 5.56 Å². The van der Waals surface area contributed by atoms with E-state index in [1.165, 1.54) is 10.6 Å². The molecule has 8 heteroatoms. The van der Waals surface area contributed by atoms with Crippen molar-refractivity contribution in [3.8, 4) is 0 Å². The number of hydrogen-bond acceptors (Lipinski definition) is 4. The number of fused-ring (bicyclic) bond motifs is 5. The molecule has 4 rings (SSSR count). The number of nitrogens with zero attached hydrogens (tertiary/aromatic N) is 3. The van der Waals surface area contributed by atoms with Gasteiger partial charge in [0.05, 0.1) is 16.2 Å². The summed E-state index contributed by atoms with van der Waals surface area (Å²) >= 11 is 6.39. The third-order valence-electron chi connectivity index (χ3n) is 5.66. The number of aryl methyl sites for hydroxylation is 1. The molecular weight excluding hydrogens is 359 g/mol. The van der Waals surface area contributed by atoms with Gasteiger partial charge in [-0.3, -0.25) is 14.5 Å². The van der Waals surface area contributed by atoms with Gasteiger partial charge < -0.3 is 14.8 Å². The second kappa shape index (κ2) is 5.69. The zero-order valence-corrected chi connectivity index (χ0v) is 15.8. The highest BCUT2D eigenvalue weighted by Gasteiger charge is 2.41. The number of rotatable bonds is 0. The largest absolute Gasteiger partial charge is 0.354 e. The number of aromatic nitrogens is 1. The van der Waals surface area contributed by atoms with Crippen LogP contribution < -0.4 is 15.8 Å². The standard InChI is InChI=1S/C18H20ClFN4O2/c1-8-6-24-12(7-22(8)3)17(25)21-14-16(24)10-5-11(20)9(2)13(19)15(10)23(4)18(14)26/h5,8,12H,6-7H2,1-4H3,(H,21,25). The minimum absolute atomic E-state index is 0.190. The highest BCUT2D eigenvalue weighted by molar-refractivity contribution is 6.36. The monoisotopic (exact) mass is 378 g/mol. The predicted molar refractivity (Wildman–Crippen MR) is 101 cm³/mol. The number of halogens is 2. The fourth-order valence-corrected chi connectivity index (χ4v) is 4.23. The number of amides is 1. The average Bonchev–Trinajstić information content (AvgIpc) is 2.59. The molecule has 0 saturated carbocycles. The molecule has 1 amide bonds. The van der Waals surface area contributed by atoms with Gasteiger partial charge in [0.2, 0.25) is 5.91 Å². The maximum Gasteiger partial charge on any atom is 0.276 e. The van der Waals surface area contributed by atoms with Crippen molar-refractivity contribution in [3.63, 3.8) is 0 Å². The van der Waals surface area contributed by atoms with Gasteiger partial charge in [-0.05, 0) is 27.0 Å². The fraction of sp³-hybridized carbons (Fsp3) is 0.444. The summed E-state index contributed by atoms with van der Waals surface area (Å²) in [6, 6.07) is 1.17. The average molecular weight is 379 g/mol. The lowest BCUT2D eigenvalue weighted by Crippen LogP contribution is -2.62. The van der Waals surface area contributed by atoms with Gasteiger partial charge in [0, 0.05) is 37.1 Å². The molecule has 1 aromatic heterocycles. The summed E-state index contributed by atoms with van der Waals surface area (Å²) in [4.78, 5) is 29.5. The summed E-state index contributed by atoms with van der Waals surface area (Å²) in [7, 11) is 3.55. The molecule has 3 heterocycles. The lowest BCUT2D eigenvalue weighted by Gasteiger charge is -2.47. The summed E-state index contributed by atoms with van der Waals surface area (Å²) in [6.07, 6.45) is 0. The third-order valence-corrected chi connectivity index (χ3v) is 6.12. The molecule has 26 heavy (non-hydrogen) atoms. The minimum atomic E-state index is -0.432. The summed E-state index contributed by atoms with van der Waals surface area (Å²) in [5, 5.41) is 3.50. The number of carbonyl (C=O) groups excluding carboxylic acids is 1. The number of pyridine rings is 1. The lowest BCUT2D eigenvalue weighted by atomic mass is 9.99. The number of benzene rings is 1. The van der Waals surface area contributed by atoms with Crippen molar-refractivity contribution in [2.45, 2.75) is 25.9 Å². The number of nitrogens with one attached hydrogen (secondary N) is 1. The first-order chi connectivity index (χ1) is 12.2. The Morgan fingerprint density at radius 2 is 1.96 bits per heavy atom. The van der Waals surface area contributed by atoms with Crippen LogP contribution >= 0.6 is 11.6 Å². The maximum atomic E-state index is 14.5. The Morgan fingerprint density at radius 1 is 1.27 bits per heavy atom. The van der Waals surface area contributed by atoms with E-state index in [-0.39, 0.29) is 28.2 Å². The van der Waals surface area contributed by atoms with Crippen LogP contribution in [0.1, 0.15) is 12.5 Å². The molecule has 0 aliphatic carbocycles. The molecule has 138 valence electrons. The molecule has 2 aromatic rings. The van der Waals surface area contributed by atoms with E-state index in [1.807, 2.05) is 11.9 Å². The molecule has 2 aliphatic heterocycles. The fourth-order valence-electron chi connectivity index (χ4n) is 3.91. The van der Waals surface area contributed by atoms with Crippen LogP contribution in [0.5, 0.6) is 0 Å². The Balaban J connectivity index is 2.10. The van der Waals surface area contributed by atoms with Gasteiger partial charge in [-0.2, -0.15) is 0 Å². The highest BCUT2D eigenvalue weighted by atomic mass is 35.5. The number of likely N-dealkylation sites (N-methyl/N-ethyl adjacent to an activating group) is 1. The number of piperazine rings is 1. The number of hydrogen-bond donors (Lipinski definition) is 1. The summed E-state index contributed by atoms with van der Waals surface area (Å²) in [5.41, 5.74) is 1.19. The van der Waals surface area contributed by atoms with Crippen LogP contribution in [-0.2, 0) is 11.8 Å². The van der Waals surface area contributed by atoms with Crippen LogP contribution in [0.2, 0.25) is 5.02 Å². The first kappa shape index (κ1) is 17.3. The predicted octanol–water partition coefficient (Wildman–Crippen LogP) is 2.10. The molecule has 0 bridgehead atoms. The van der Waals surface area contributed by atoms with Crippen LogP contribution in [0.3, 0.4) is 0 Å². The molecule has 1 aromatic carbocycles. The van der Waals surface area contributed by atoms with E-state index in [4.69, 9.17) is 11.6 Å². The smallest absolute Gasteiger partial charge is 0.276 e. The Hall–Kier alpha value is -2.12. The maximum absolute atomic E-state index is 14.5. The van der Waals surface area contributed by atoms with E-state index in [9.17, 15) is 14.0 Å². The normalized spacial score (nSPS) is 23.0. The van der Waals surface area contributed by atoms with E-state index in [2.05, 4.69) is 17.1 Å². The first-order valence-electron chi connectivity index (χ1n) is 8.51. The molecule has 2 unspecified atom stereocenters. The van der Waals surface area contributed by atoms with Crippen molar-refractivity contribution >= 4 is 39.8 Å². The van der Waals surface area contributed by atoms with Crippen LogP contribution in [0.25, 0.3) is 10.9 Å². The van der Waals surface area contributed by atoms with E-state index in [1.54, 1.807) is 14.0 Å². The lowest BCUT2D eigenvalue weighted by molar-refractivity contribution is -0.118. The third kappa shape index (κ3) is 2.20. The van der Waals surface area contributed by atoms with Crippen LogP contribution in [0.4, 0.5) is 15.8 Å². The Bertz CT molecular complexity index is 1020. The highest BCUT2D eigenvalue weighted by Crippen LogP contribution is 2.41. The van der Waals surface area contributed by atoms with Gasteiger partial charge in [-0.25, -0.2) is 4.39 Å². The zero-order chi connectivity index (χ0) is 18.9. The van der Waals surface area contributed by atoms with Crippen molar-refractivity contribution in [3.05, 3.63) is 32.8 Å². The molecule has 1 saturated heterocycles. The minimum Gasteiger partial charge on any atom is -0.354 e. The van der Waals surface area contributed by atoms with Gasteiger partial charge in [-0.15, -0.1) is 0 Å². The quantitative estimate of drug-likeness (QED) is 0.762. The van der Waals surface area contributed by atoms with E-state index >= 15 is 0 Å². The van der Waals surface area contributed by atoms with E-state index < -0.39 is 11.9 Å². The topological polar surface area (TPSA) is 57.6 Å². The summed E-state index contributed by atoms with van der Waals surface area (Å²) in [6.45, 7) is 4.75. The van der Waals surface area contributed by atoms with E-state index in [0.717, 1.165) is 0 Å². The molecule has 6 nitrogen and oxygen atoms in total.